The predicted molar refractivity (Wildman–Crippen MR) is 108 cm³/mol. The number of aryl methyl sites for hydroxylation is 2. The Labute approximate surface area is 165 Å². The number of amides is 1. The molecule has 1 aromatic carbocycles. The SMILES string of the molecule is CNC(=O)C1(Nc2ccnn2C)CCN(Cc2ccc(C)cc2)CC1.O=CO. The number of likely N-dealkylation sites (tertiary alicyclic amines) is 1. The Morgan fingerprint density at radius 2 is 1.86 bits per heavy atom. The summed E-state index contributed by atoms with van der Waals surface area (Å²) < 4.78 is 1.77. The fourth-order valence-electron chi connectivity index (χ4n) is 3.43. The molecule has 28 heavy (non-hydrogen) atoms. The lowest BCUT2D eigenvalue weighted by Crippen LogP contribution is -2.57. The van der Waals surface area contributed by atoms with Gasteiger partial charge in [0.15, 0.2) is 0 Å². The third-order valence-electron chi connectivity index (χ3n) is 5.09. The number of carbonyl (C=O) groups is 2. The number of likely N-dealkylation sites (N-methyl/N-ethyl adjacent to an activating group) is 1. The number of anilines is 1. The van der Waals surface area contributed by atoms with Gasteiger partial charge in [0.25, 0.3) is 6.47 Å². The number of carbonyl (C=O) groups excluding carboxylic acids is 1. The highest BCUT2D eigenvalue weighted by Crippen LogP contribution is 2.28. The number of hydrogen-bond donors (Lipinski definition) is 3. The van der Waals surface area contributed by atoms with Crippen LogP contribution in [0.1, 0.15) is 24.0 Å². The first-order valence-electron chi connectivity index (χ1n) is 9.28. The minimum atomic E-state index is -0.577. The van der Waals surface area contributed by atoms with Crippen molar-refractivity contribution in [3.63, 3.8) is 0 Å². The summed E-state index contributed by atoms with van der Waals surface area (Å²) in [5.74, 6) is 0.916. The molecule has 3 rings (SSSR count). The molecule has 1 amide bonds. The first kappa shape index (κ1) is 21.4. The molecule has 3 N–H and O–H groups in total. The zero-order valence-electron chi connectivity index (χ0n) is 16.7. The van der Waals surface area contributed by atoms with Gasteiger partial charge >= 0.3 is 0 Å². The number of hydrogen-bond acceptors (Lipinski definition) is 5. The van der Waals surface area contributed by atoms with E-state index in [9.17, 15) is 4.79 Å². The summed E-state index contributed by atoms with van der Waals surface area (Å²) in [5, 5.41) is 17.4. The van der Waals surface area contributed by atoms with Gasteiger partial charge in [0.2, 0.25) is 5.91 Å². The van der Waals surface area contributed by atoms with Crippen molar-refractivity contribution >= 4 is 18.2 Å². The molecule has 152 valence electrons. The second kappa shape index (κ2) is 9.89. The van der Waals surface area contributed by atoms with E-state index in [1.807, 2.05) is 13.1 Å². The van der Waals surface area contributed by atoms with E-state index in [2.05, 4.69) is 51.8 Å². The van der Waals surface area contributed by atoms with Crippen LogP contribution in [0.25, 0.3) is 0 Å². The van der Waals surface area contributed by atoms with Crippen LogP contribution in [0.2, 0.25) is 0 Å². The topological polar surface area (TPSA) is 99.5 Å². The highest BCUT2D eigenvalue weighted by atomic mass is 16.3. The molecule has 1 saturated heterocycles. The van der Waals surface area contributed by atoms with Crippen LogP contribution in [0.3, 0.4) is 0 Å². The maximum Gasteiger partial charge on any atom is 0.290 e. The first-order valence-corrected chi connectivity index (χ1v) is 9.28. The van der Waals surface area contributed by atoms with E-state index in [0.29, 0.717) is 0 Å². The van der Waals surface area contributed by atoms with Crippen molar-refractivity contribution in [1.29, 1.82) is 0 Å². The van der Waals surface area contributed by atoms with Gasteiger partial charge in [-0.1, -0.05) is 29.8 Å². The molecule has 1 aliphatic rings. The molecule has 2 aromatic rings. The zero-order valence-corrected chi connectivity index (χ0v) is 16.7. The van der Waals surface area contributed by atoms with E-state index in [0.717, 1.165) is 38.3 Å². The van der Waals surface area contributed by atoms with Crippen LogP contribution < -0.4 is 10.6 Å². The van der Waals surface area contributed by atoms with E-state index in [-0.39, 0.29) is 12.4 Å². The molecule has 0 radical (unpaired) electrons. The Hall–Kier alpha value is -2.87. The number of benzene rings is 1. The molecular formula is C20H29N5O3. The van der Waals surface area contributed by atoms with Gasteiger partial charge in [-0.3, -0.25) is 19.2 Å². The van der Waals surface area contributed by atoms with E-state index in [4.69, 9.17) is 9.90 Å². The number of nitrogens with one attached hydrogen (secondary N) is 2. The van der Waals surface area contributed by atoms with Crippen LogP contribution in [0.15, 0.2) is 36.5 Å². The monoisotopic (exact) mass is 387 g/mol. The predicted octanol–water partition coefficient (Wildman–Crippen LogP) is 1.62. The van der Waals surface area contributed by atoms with Crippen LogP contribution >= 0.6 is 0 Å². The molecule has 1 fully saturated rings. The summed E-state index contributed by atoms with van der Waals surface area (Å²) in [6.07, 6.45) is 3.28. The molecule has 0 bridgehead atoms. The minimum absolute atomic E-state index is 0.0451. The third-order valence-corrected chi connectivity index (χ3v) is 5.09. The lowest BCUT2D eigenvalue weighted by Gasteiger charge is -2.41. The summed E-state index contributed by atoms with van der Waals surface area (Å²) in [5.41, 5.74) is 2.02. The van der Waals surface area contributed by atoms with Crippen molar-refractivity contribution in [3.05, 3.63) is 47.7 Å². The molecule has 0 atom stereocenters. The maximum absolute atomic E-state index is 12.6. The lowest BCUT2D eigenvalue weighted by molar-refractivity contribution is -0.126. The largest absolute Gasteiger partial charge is 0.483 e. The van der Waals surface area contributed by atoms with E-state index in [1.54, 1.807) is 17.9 Å². The zero-order chi connectivity index (χ0) is 20.6. The summed E-state index contributed by atoms with van der Waals surface area (Å²) in [4.78, 5) is 23.4. The van der Waals surface area contributed by atoms with Crippen molar-refractivity contribution in [2.75, 3.05) is 25.5 Å². The third kappa shape index (κ3) is 5.32. The van der Waals surface area contributed by atoms with E-state index >= 15 is 0 Å². The van der Waals surface area contributed by atoms with Gasteiger partial charge in [-0.2, -0.15) is 5.10 Å². The quantitative estimate of drug-likeness (QED) is 0.675. The van der Waals surface area contributed by atoms with Crippen molar-refractivity contribution in [2.24, 2.45) is 7.05 Å². The molecule has 1 aliphatic heterocycles. The van der Waals surface area contributed by atoms with Crippen molar-refractivity contribution < 1.29 is 14.7 Å². The minimum Gasteiger partial charge on any atom is -0.483 e. The van der Waals surface area contributed by atoms with Crippen molar-refractivity contribution in [3.8, 4) is 0 Å². The first-order chi connectivity index (χ1) is 13.4. The molecule has 1 aromatic heterocycles. The molecule has 0 spiro atoms. The van der Waals surface area contributed by atoms with Crippen LogP contribution in [0.4, 0.5) is 5.82 Å². The number of carboxylic acid groups (broad SMARTS) is 1. The fourth-order valence-corrected chi connectivity index (χ4v) is 3.43. The van der Waals surface area contributed by atoms with Gasteiger partial charge in [-0.05, 0) is 25.3 Å². The van der Waals surface area contributed by atoms with Crippen molar-refractivity contribution in [2.45, 2.75) is 31.8 Å². The lowest BCUT2D eigenvalue weighted by atomic mass is 9.86. The Morgan fingerprint density at radius 3 is 2.36 bits per heavy atom. The van der Waals surface area contributed by atoms with Gasteiger partial charge < -0.3 is 15.7 Å². The second-order valence-corrected chi connectivity index (χ2v) is 6.99. The summed E-state index contributed by atoms with van der Waals surface area (Å²) in [6, 6.07) is 10.6. The molecule has 8 heteroatoms. The van der Waals surface area contributed by atoms with Crippen molar-refractivity contribution in [1.82, 2.24) is 20.0 Å². The highest BCUT2D eigenvalue weighted by Gasteiger charge is 2.41. The second-order valence-electron chi connectivity index (χ2n) is 6.99. The molecule has 0 aliphatic carbocycles. The van der Waals surface area contributed by atoms with E-state index < -0.39 is 5.54 Å². The highest BCUT2D eigenvalue weighted by molar-refractivity contribution is 5.89. The molecule has 2 heterocycles. The Morgan fingerprint density at radius 1 is 1.25 bits per heavy atom. The van der Waals surface area contributed by atoms with Gasteiger partial charge in [0.05, 0.1) is 6.20 Å². The standard InChI is InChI=1S/C19H27N5O.CH2O2/c1-15-4-6-16(7-5-15)14-24-12-9-19(10-13-24,18(25)20-2)22-17-8-11-21-23(17)3;2-1-3/h4-8,11,22H,9-10,12-14H2,1-3H3,(H,20,25);1H,(H,2,3). The molecule has 0 saturated carbocycles. The number of nitrogens with zero attached hydrogens (tertiary/aromatic N) is 3. The Balaban J connectivity index is 0.000000878. The smallest absolute Gasteiger partial charge is 0.290 e. The fraction of sp³-hybridized carbons (Fsp3) is 0.450. The maximum atomic E-state index is 12.6. The number of piperidine rings is 1. The molecule has 0 unspecified atom stereocenters. The van der Waals surface area contributed by atoms with Crippen LogP contribution in [-0.2, 0) is 23.2 Å². The van der Waals surface area contributed by atoms with Crippen LogP contribution in [0.5, 0.6) is 0 Å². The van der Waals surface area contributed by atoms with Crippen LogP contribution in [-0.4, -0.2) is 57.8 Å². The summed E-state index contributed by atoms with van der Waals surface area (Å²) in [6.45, 7) is 4.54. The normalized spacial score (nSPS) is 15.8. The average molecular weight is 387 g/mol. The van der Waals surface area contributed by atoms with Gasteiger partial charge in [0.1, 0.15) is 11.4 Å². The molecular weight excluding hydrogens is 358 g/mol. The summed E-state index contributed by atoms with van der Waals surface area (Å²) >= 11 is 0. The van der Waals surface area contributed by atoms with Gasteiger partial charge in [-0.25, -0.2) is 0 Å². The average Bonchev–Trinajstić information content (AvgIpc) is 3.09. The Bertz CT molecular complexity index is 764. The van der Waals surface area contributed by atoms with Gasteiger partial charge in [-0.15, -0.1) is 0 Å². The molecule has 8 nitrogen and oxygen atoms in total. The summed E-state index contributed by atoms with van der Waals surface area (Å²) in [7, 11) is 3.58. The Kier molecular flexibility index (Phi) is 7.57. The van der Waals surface area contributed by atoms with E-state index in [1.165, 1.54) is 11.1 Å². The number of rotatable bonds is 5. The van der Waals surface area contributed by atoms with Gasteiger partial charge in [0, 0.05) is 39.8 Å². The van der Waals surface area contributed by atoms with Crippen LogP contribution in [0, 0.1) is 6.92 Å². The number of aromatic nitrogens is 2.